The predicted octanol–water partition coefficient (Wildman–Crippen LogP) is 4.94. The first-order valence-corrected chi connectivity index (χ1v) is 8.25. The highest BCUT2D eigenvalue weighted by Gasteiger charge is 2.22. The van der Waals surface area contributed by atoms with E-state index in [0.29, 0.717) is 5.92 Å². The topological polar surface area (TPSA) is 31.4 Å². The van der Waals surface area contributed by atoms with Crippen molar-refractivity contribution in [2.75, 3.05) is 14.2 Å². The molecule has 0 amide bonds. The molecular weight excluding hydrogens is 274 g/mol. The van der Waals surface area contributed by atoms with Crippen LogP contribution in [0.1, 0.15) is 50.6 Å². The standard InChI is InChI=1S/C19H25NO2/c1-13(14-7-5-4-6-8-14)16-10-9-15-11-18(21-2)19(22-3)12-17(15)20-16/h9-14H,4-8H2,1-3H3. The van der Waals surface area contributed by atoms with Crippen LogP contribution in [0.15, 0.2) is 24.3 Å². The summed E-state index contributed by atoms with van der Waals surface area (Å²) in [6, 6.07) is 8.30. The smallest absolute Gasteiger partial charge is 0.162 e. The number of hydrogen-bond donors (Lipinski definition) is 0. The Morgan fingerprint density at radius 1 is 1.00 bits per heavy atom. The molecule has 1 saturated carbocycles. The molecule has 1 unspecified atom stereocenters. The van der Waals surface area contributed by atoms with Gasteiger partial charge in [0, 0.05) is 23.1 Å². The van der Waals surface area contributed by atoms with E-state index < -0.39 is 0 Å². The quantitative estimate of drug-likeness (QED) is 0.801. The van der Waals surface area contributed by atoms with Crippen molar-refractivity contribution in [3.8, 4) is 11.5 Å². The highest BCUT2D eigenvalue weighted by molar-refractivity contribution is 5.82. The van der Waals surface area contributed by atoms with Gasteiger partial charge in [0.15, 0.2) is 11.5 Å². The van der Waals surface area contributed by atoms with E-state index in [1.54, 1.807) is 14.2 Å². The Balaban J connectivity index is 1.94. The van der Waals surface area contributed by atoms with Crippen molar-refractivity contribution >= 4 is 10.9 Å². The molecule has 3 nitrogen and oxygen atoms in total. The average molecular weight is 299 g/mol. The highest BCUT2D eigenvalue weighted by Crippen LogP contribution is 2.37. The average Bonchev–Trinajstić information content (AvgIpc) is 2.60. The third kappa shape index (κ3) is 2.90. The third-order valence-corrected chi connectivity index (χ3v) is 5.04. The lowest BCUT2D eigenvalue weighted by molar-refractivity contribution is 0.313. The zero-order valence-corrected chi connectivity index (χ0v) is 13.8. The van der Waals surface area contributed by atoms with Gasteiger partial charge < -0.3 is 9.47 Å². The van der Waals surface area contributed by atoms with Crippen molar-refractivity contribution in [3.63, 3.8) is 0 Å². The van der Waals surface area contributed by atoms with Crippen molar-refractivity contribution in [2.24, 2.45) is 5.92 Å². The summed E-state index contributed by atoms with van der Waals surface area (Å²) in [4.78, 5) is 4.90. The van der Waals surface area contributed by atoms with Gasteiger partial charge in [0.25, 0.3) is 0 Å². The lowest BCUT2D eigenvalue weighted by Crippen LogP contribution is -2.14. The summed E-state index contributed by atoms with van der Waals surface area (Å²) < 4.78 is 10.8. The van der Waals surface area contributed by atoms with Gasteiger partial charge in [0.05, 0.1) is 19.7 Å². The minimum Gasteiger partial charge on any atom is -0.493 e. The molecule has 2 aromatic rings. The molecule has 118 valence electrons. The zero-order valence-electron chi connectivity index (χ0n) is 13.8. The SMILES string of the molecule is COc1cc2ccc(C(C)C3CCCCC3)nc2cc1OC. The maximum atomic E-state index is 5.40. The molecule has 3 heteroatoms. The molecule has 0 aliphatic heterocycles. The van der Waals surface area contributed by atoms with Crippen LogP contribution in [0, 0.1) is 5.92 Å². The molecule has 1 aliphatic rings. The van der Waals surface area contributed by atoms with E-state index in [2.05, 4.69) is 19.1 Å². The number of ether oxygens (including phenoxy) is 2. The van der Waals surface area contributed by atoms with Crippen molar-refractivity contribution in [2.45, 2.75) is 44.9 Å². The Labute approximate surface area is 132 Å². The van der Waals surface area contributed by atoms with Crippen LogP contribution < -0.4 is 9.47 Å². The molecule has 1 aliphatic carbocycles. The first-order chi connectivity index (χ1) is 10.7. The van der Waals surface area contributed by atoms with E-state index in [-0.39, 0.29) is 0 Å². The van der Waals surface area contributed by atoms with Crippen LogP contribution >= 0.6 is 0 Å². The second-order valence-electron chi connectivity index (χ2n) is 6.32. The van der Waals surface area contributed by atoms with Gasteiger partial charge in [-0.3, -0.25) is 4.98 Å². The molecule has 3 rings (SSSR count). The van der Waals surface area contributed by atoms with Gasteiger partial charge in [0.1, 0.15) is 0 Å². The number of benzene rings is 1. The van der Waals surface area contributed by atoms with E-state index in [1.807, 2.05) is 12.1 Å². The molecule has 1 aromatic heterocycles. The van der Waals surface area contributed by atoms with Crippen molar-refractivity contribution in [1.29, 1.82) is 0 Å². The second kappa shape index (κ2) is 6.55. The molecule has 1 atom stereocenters. The molecule has 1 heterocycles. The van der Waals surface area contributed by atoms with Crippen molar-refractivity contribution in [1.82, 2.24) is 4.98 Å². The summed E-state index contributed by atoms with van der Waals surface area (Å²) >= 11 is 0. The van der Waals surface area contributed by atoms with E-state index in [9.17, 15) is 0 Å². The number of pyridine rings is 1. The maximum Gasteiger partial charge on any atom is 0.162 e. The summed E-state index contributed by atoms with van der Waals surface area (Å²) in [5.74, 6) is 2.80. The van der Waals surface area contributed by atoms with Gasteiger partial charge in [-0.05, 0) is 30.9 Å². The minimum absolute atomic E-state index is 0.526. The summed E-state index contributed by atoms with van der Waals surface area (Å²) in [5.41, 5.74) is 2.18. The van der Waals surface area contributed by atoms with Crippen molar-refractivity contribution < 1.29 is 9.47 Å². The van der Waals surface area contributed by atoms with E-state index in [4.69, 9.17) is 14.5 Å². The fourth-order valence-corrected chi connectivity index (χ4v) is 3.60. The first-order valence-electron chi connectivity index (χ1n) is 8.25. The predicted molar refractivity (Wildman–Crippen MR) is 89.8 cm³/mol. The van der Waals surface area contributed by atoms with E-state index in [0.717, 1.165) is 28.3 Å². The van der Waals surface area contributed by atoms with E-state index in [1.165, 1.54) is 37.8 Å². The van der Waals surface area contributed by atoms with Gasteiger partial charge in [-0.1, -0.05) is 32.3 Å². The highest BCUT2D eigenvalue weighted by atomic mass is 16.5. The maximum absolute atomic E-state index is 5.40. The van der Waals surface area contributed by atoms with E-state index >= 15 is 0 Å². The molecular formula is C19H25NO2. The van der Waals surface area contributed by atoms with Crippen LogP contribution in [0.4, 0.5) is 0 Å². The molecule has 0 saturated heterocycles. The van der Waals surface area contributed by atoms with Crippen LogP contribution in [0.2, 0.25) is 0 Å². The number of methoxy groups -OCH3 is 2. The molecule has 0 bridgehead atoms. The fourth-order valence-electron chi connectivity index (χ4n) is 3.60. The minimum atomic E-state index is 0.526. The molecule has 22 heavy (non-hydrogen) atoms. The zero-order chi connectivity index (χ0) is 15.5. The van der Waals surface area contributed by atoms with Gasteiger partial charge in [0.2, 0.25) is 0 Å². The number of fused-ring (bicyclic) bond motifs is 1. The number of nitrogens with zero attached hydrogens (tertiary/aromatic N) is 1. The summed E-state index contributed by atoms with van der Waals surface area (Å²) in [7, 11) is 3.33. The number of rotatable bonds is 4. The molecule has 0 N–H and O–H groups in total. The fraction of sp³-hybridized carbons (Fsp3) is 0.526. The number of hydrogen-bond acceptors (Lipinski definition) is 3. The van der Waals surface area contributed by atoms with Gasteiger partial charge in [-0.2, -0.15) is 0 Å². The molecule has 0 radical (unpaired) electrons. The van der Waals surface area contributed by atoms with Crippen LogP contribution in [-0.4, -0.2) is 19.2 Å². The monoisotopic (exact) mass is 299 g/mol. The normalized spacial score (nSPS) is 17.4. The third-order valence-electron chi connectivity index (χ3n) is 5.04. The van der Waals surface area contributed by atoms with Crippen LogP contribution in [-0.2, 0) is 0 Å². The summed E-state index contributed by atoms with van der Waals surface area (Å²) in [5, 5.41) is 1.09. The van der Waals surface area contributed by atoms with Crippen molar-refractivity contribution in [3.05, 3.63) is 30.0 Å². The second-order valence-corrected chi connectivity index (χ2v) is 6.32. The number of aromatic nitrogens is 1. The molecule has 1 fully saturated rings. The van der Waals surface area contributed by atoms with Gasteiger partial charge in [-0.25, -0.2) is 0 Å². The Kier molecular flexibility index (Phi) is 4.51. The van der Waals surface area contributed by atoms with Crippen LogP contribution in [0.3, 0.4) is 0 Å². The Morgan fingerprint density at radius 2 is 1.68 bits per heavy atom. The molecule has 1 aromatic carbocycles. The van der Waals surface area contributed by atoms with Gasteiger partial charge >= 0.3 is 0 Å². The largest absolute Gasteiger partial charge is 0.493 e. The first kappa shape index (κ1) is 15.1. The summed E-state index contributed by atoms with van der Waals surface area (Å²) in [6.45, 7) is 2.32. The van der Waals surface area contributed by atoms with Crippen LogP contribution in [0.25, 0.3) is 10.9 Å². The molecule has 0 spiro atoms. The Hall–Kier alpha value is -1.77. The van der Waals surface area contributed by atoms with Gasteiger partial charge in [-0.15, -0.1) is 0 Å². The Morgan fingerprint density at radius 3 is 2.36 bits per heavy atom. The Bertz CT molecular complexity index is 647. The summed E-state index contributed by atoms with van der Waals surface area (Å²) in [6.07, 6.45) is 6.81. The lowest BCUT2D eigenvalue weighted by atomic mass is 9.79. The lowest BCUT2D eigenvalue weighted by Gasteiger charge is -2.27. The van der Waals surface area contributed by atoms with Crippen LogP contribution in [0.5, 0.6) is 11.5 Å².